The van der Waals surface area contributed by atoms with Crippen molar-refractivity contribution in [2.75, 3.05) is 52.5 Å². The highest BCUT2D eigenvalue weighted by Gasteiger charge is 2.22. The molecule has 0 fully saturated rings. The molecule has 12 heteroatoms. The highest BCUT2D eigenvalue weighted by molar-refractivity contribution is 7.91. The number of nitrogens with zero attached hydrogens (tertiary/aromatic N) is 1. The number of sulfone groups is 1. The van der Waals surface area contributed by atoms with Crippen LogP contribution < -0.4 is 0 Å². The van der Waals surface area contributed by atoms with Crippen LogP contribution in [0.3, 0.4) is 0 Å². The van der Waals surface area contributed by atoms with Gasteiger partial charge in [0, 0.05) is 29.8 Å². The molecule has 0 atom stereocenters. The summed E-state index contributed by atoms with van der Waals surface area (Å²) in [5.74, 6) is -4.29. The number of methoxy groups -OCH3 is 1. The molecule has 0 rings (SSSR count). The second kappa shape index (κ2) is 13.5. The molecule has 0 saturated carbocycles. The van der Waals surface area contributed by atoms with Gasteiger partial charge in [0.05, 0.1) is 18.6 Å². The van der Waals surface area contributed by atoms with Crippen LogP contribution in [0.4, 0.5) is 0 Å². The summed E-state index contributed by atoms with van der Waals surface area (Å²) in [6.45, 7) is 2.98. The summed E-state index contributed by atoms with van der Waals surface area (Å²) in [5.41, 5.74) is -0.385. The Morgan fingerprint density at radius 1 is 0.774 bits per heavy atom. The molecule has 0 unspecified atom stereocenters. The standard InChI is InChI=1S/C19H29NO10S/c1-19(2,20(3)4)14-30-18(24)9-8-17(23)29-11-13-31(25,26)12-10-28-16(22)7-6-15(21)27-5/h6-9H,10-14H2,1-5H3/b7-6+,9-8+. The Morgan fingerprint density at radius 3 is 1.55 bits per heavy atom. The fourth-order valence-electron chi connectivity index (χ4n) is 1.50. The Morgan fingerprint density at radius 2 is 1.16 bits per heavy atom. The number of likely N-dealkylation sites (N-methyl/N-ethyl adjacent to an activating group) is 1. The van der Waals surface area contributed by atoms with Crippen molar-refractivity contribution in [3.05, 3.63) is 24.3 Å². The normalized spacial score (nSPS) is 12.2. The molecular formula is C19H29NO10S. The molecule has 0 spiro atoms. The summed E-state index contributed by atoms with van der Waals surface area (Å²) >= 11 is 0. The summed E-state index contributed by atoms with van der Waals surface area (Å²) in [4.78, 5) is 47.2. The Bertz CT molecular complexity index is 797. The average molecular weight is 464 g/mol. The van der Waals surface area contributed by atoms with E-state index in [1.165, 1.54) is 0 Å². The van der Waals surface area contributed by atoms with E-state index in [4.69, 9.17) is 9.47 Å². The maximum absolute atomic E-state index is 11.8. The number of ether oxygens (including phenoxy) is 4. The second-order valence-corrected chi connectivity index (χ2v) is 9.29. The van der Waals surface area contributed by atoms with Crippen molar-refractivity contribution < 1.29 is 46.5 Å². The van der Waals surface area contributed by atoms with Gasteiger partial charge in [-0.1, -0.05) is 0 Å². The quantitative estimate of drug-likeness (QED) is 0.201. The van der Waals surface area contributed by atoms with Gasteiger partial charge in [-0.2, -0.15) is 0 Å². The first-order valence-corrected chi connectivity index (χ1v) is 10.9. The number of carbonyl (C=O) groups excluding carboxylic acids is 4. The topological polar surface area (TPSA) is 143 Å². The van der Waals surface area contributed by atoms with Crippen LogP contribution in [0, 0.1) is 0 Å². The summed E-state index contributed by atoms with van der Waals surface area (Å²) in [7, 11) is 1.14. The number of esters is 4. The molecule has 176 valence electrons. The number of carbonyl (C=O) groups is 4. The minimum atomic E-state index is -3.66. The van der Waals surface area contributed by atoms with Crippen molar-refractivity contribution in [1.29, 1.82) is 0 Å². The largest absolute Gasteiger partial charge is 0.466 e. The fraction of sp³-hybridized carbons (Fsp3) is 0.579. The van der Waals surface area contributed by atoms with Crippen LogP contribution in [0.2, 0.25) is 0 Å². The van der Waals surface area contributed by atoms with Crippen molar-refractivity contribution >= 4 is 33.7 Å². The summed E-state index contributed by atoms with van der Waals surface area (Å²) < 4.78 is 42.4. The lowest BCUT2D eigenvalue weighted by molar-refractivity contribution is -0.142. The van der Waals surface area contributed by atoms with Gasteiger partial charge in [0.15, 0.2) is 9.84 Å². The third kappa shape index (κ3) is 14.0. The van der Waals surface area contributed by atoms with Crippen molar-refractivity contribution in [3.63, 3.8) is 0 Å². The predicted molar refractivity (Wildman–Crippen MR) is 110 cm³/mol. The summed E-state index contributed by atoms with van der Waals surface area (Å²) in [6, 6.07) is 0. The molecule has 0 aromatic carbocycles. The molecule has 0 radical (unpaired) electrons. The smallest absolute Gasteiger partial charge is 0.331 e. The highest BCUT2D eigenvalue weighted by atomic mass is 32.2. The molecule has 11 nitrogen and oxygen atoms in total. The van der Waals surface area contributed by atoms with E-state index >= 15 is 0 Å². The van der Waals surface area contributed by atoms with E-state index in [0.29, 0.717) is 0 Å². The molecular weight excluding hydrogens is 434 g/mol. The first kappa shape index (κ1) is 28.3. The van der Waals surface area contributed by atoms with E-state index in [1.54, 1.807) is 0 Å². The van der Waals surface area contributed by atoms with Crippen LogP contribution in [0.5, 0.6) is 0 Å². The maximum Gasteiger partial charge on any atom is 0.331 e. The van der Waals surface area contributed by atoms with Gasteiger partial charge in [-0.3, -0.25) is 0 Å². The van der Waals surface area contributed by atoms with Crippen LogP contribution in [0.15, 0.2) is 24.3 Å². The van der Waals surface area contributed by atoms with Crippen LogP contribution in [-0.2, 0) is 48.0 Å². The molecule has 0 heterocycles. The Balaban J connectivity index is 4.22. The summed E-state index contributed by atoms with van der Waals surface area (Å²) in [5, 5.41) is 0. The molecule has 0 saturated heterocycles. The molecule has 0 aromatic rings. The molecule has 0 aliphatic heterocycles. The zero-order chi connectivity index (χ0) is 24.1. The Hall–Kier alpha value is -2.73. The monoisotopic (exact) mass is 463 g/mol. The van der Waals surface area contributed by atoms with Crippen molar-refractivity contribution in [1.82, 2.24) is 4.90 Å². The predicted octanol–water partition coefficient (Wildman–Crippen LogP) is -0.344. The molecule has 0 aromatic heterocycles. The minimum Gasteiger partial charge on any atom is -0.466 e. The molecule has 0 amide bonds. The lowest BCUT2D eigenvalue weighted by Gasteiger charge is -2.31. The zero-order valence-electron chi connectivity index (χ0n) is 18.3. The minimum absolute atomic E-state index is 0.111. The van der Waals surface area contributed by atoms with Crippen LogP contribution in [-0.4, -0.2) is 95.3 Å². The van der Waals surface area contributed by atoms with Crippen LogP contribution in [0.1, 0.15) is 13.8 Å². The van der Waals surface area contributed by atoms with Gasteiger partial charge in [0.25, 0.3) is 0 Å². The zero-order valence-corrected chi connectivity index (χ0v) is 19.1. The van der Waals surface area contributed by atoms with E-state index in [0.717, 1.165) is 31.4 Å². The number of hydrogen-bond acceptors (Lipinski definition) is 11. The number of hydrogen-bond donors (Lipinski definition) is 0. The first-order valence-electron chi connectivity index (χ1n) is 9.11. The second-order valence-electron chi connectivity index (χ2n) is 6.99. The Labute approximate surface area is 181 Å². The maximum atomic E-state index is 11.8. The molecule has 0 aliphatic carbocycles. The van der Waals surface area contributed by atoms with E-state index < -0.39 is 58.4 Å². The average Bonchev–Trinajstić information content (AvgIpc) is 2.68. The van der Waals surface area contributed by atoms with Crippen molar-refractivity contribution in [2.45, 2.75) is 19.4 Å². The van der Waals surface area contributed by atoms with E-state index in [2.05, 4.69) is 9.47 Å². The van der Waals surface area contributed by atoms with Gasteiger partial charge in [0.2, 0.25) is 0 Å². The summed E-state index contributed by atoms with van der Waals surface area (Å²) in [6.07, 6.45) is 3.37. The lowest BCUT2D eigenvalue weighted by Crippen LogP contribution is -2.42. The third-order valence-corrected chi connectivity index (χ3v) is 5.55. The van der Waals surface area contributed by atoms with E-state index in [9.17, 15) is 27.6 Å². The van der Waals surface area contributed by atoms with Crippen LogP contribution in [0.25, 0.3) is 0 Å². The van der Waals surface area contributed by atoms with Gasteiger partial charge < -0.3 is 23.8 Å². The van der Waals surface area contributed by atoms with E-state index in [1.807, 2.05) is 32.8 Å². The van der Waals surface area contributed by atoms with Gasteiger partial charge in [-0.25, -0.2) is 27.6 Å². The van der Waals surface area contributed by atoms with Gasteiger partial charge >= 0.3 is 23.9 Å². The third-order valence-electron chi connectivity index (χ3n) is 3.97. The van der Waals surface area contributed by atoms with Crippen molar-refractivity contribution in [3.8, 4) is 0 Å². The SMILES string of the molecule is COC(=O)/C=C/C(=O)OCCS(=O)(=O)CCOC(=O)/C=C/C(=O)OCC(C)(C)N(C)C. The number of rotatable bonds is 13. The molecule has 0 aliphatic rings. The van der Waals surface area contributed by atoms with Gasteiger partial charge in [-0.05, 0) is 27.9 Å². The lowest BCUT2D eigenvalue weighted by atomic mass is 10.1. The first-order chi connectivity index (χ1) is 14.3. The van der Waals surface area contributed by atoms with Crippen LogP contribution >= 0.6 is 0 Å². The molecule has 0 N–H and O–H groups in total. The van der Waals surface area contributed by atoms with E-state index in [-0.39, 0.29) is 12.1 Å². The highest BCUT2D eigenvalue weighted by Crippen LogP contribution is 2.10. The van der Waals surface area contributed by atoms with Gasteiger partial charge in [0.1, 0.15) is 19.8 Å². The fourth-order valence-corrected chi connectivity index (χ4v) is 2.38. The molecule has 31 heavy (non-hydrogen) atoms. The molecule has 0 bridgehead atoms. The Kier molecular flexibility index (Phi) is 12.4. The van der Waals surface area contributed by atoms with Crippen molar-refractivity contribution in [2.24, 2.45) is 0 Å². The van der Waals surface area contributed by atoms with Gasteiger partial charge in [-0.15, -0.1) is 0 Å².